The molecule has 0 aliphatic carbocycles. The van der Waals surface area contributed by atoms with Crippen LogP contribution < -0.4 is 15.4 Å². The van der Waals surface area contributed by atoms with Crippen molar-refractivity contribution >= 4 is 5.91 Å². The van der Waals surface area contributed by atoms with Crippen LogP contribution in [-0.4, -0.2) is 32.1 Å². The third kappa shape index (κ3) is 6.25. The van der Waals surface area contributed by atoms with E-state index in [9.17, 15) is 4.79 Å². The Labute approximate surface area is 115 Å². The van der Waals surface area contributed by atoms with Gasteiger partial charge >= 0.3 is 0 Å². The van der Waals surface area contributed by atoms with Gasteiger partial charge in [-0.05, 0) is 31.2 Å². The lowest BCUT2D eigenvalue weighted by Crippen LogP contribution is -2.37. The van der Waals surface area contributed by atoms with Crippen molar-refractivity contribution in [2.75, 3.05) is 26.2 Å². The van der Waals surface area contributed by atoms with Crippen molar-refractivity contribution < 1.29 is 9.53 Å². The average molecular weight is 264 g/mol. The molecule has 0 saturated carbocycles. The summed E-state index contributed by atoms with van der Waals surface area (Å²) in [4.78, 5) is 11.7. The first kappa shape index (κ1) is 15.5. The highest BCUT2D eigenvalue weighted by Crippen LogP contribution is 2.11. The van der Waals surface area contributed by atoms with E-state index < -0.39 is 0 Å². The zero-order valence-corrected chi connectivity index (χ0v) is 12.0. The number of benzene rings is 1. The smallest absolute Gasteiger partial charge is 0.224 e. The Balaban J connectivity index is 2.18. The first-order chi connectivity index (χ1) is 9.13. The number of hydrogen-bond acceptors (Lipinski definition) is 3. The SMILES string of the molecule is CCNCC(C)C(=O)NCCOc1cccc(C)c1. The molecule has 0 heterocycles. The summed E-state index contributed by atoms with van der Waals surface area (Å²) in [6.07, 6.45) is 0. The summed E-state index contributed by atoms with van der Waals surface area (Å²) in [5.41, 5.74) is 1.17. The molecule has 19 heavy (non-hydrogen) atoms. The maximum atomic E-state index is 11.7. The standard InChI is InChI=1S/C15H24N2O2/c1-4-16-11-13(3)15(18)17-8-9-19-14-7-5-6-12(2)10-14/h5-7,10,13,16H,4,8-9,11H2,1-3H3,(H,17,18). The Morgan fingerprint density at radius 3 is 2.89 bits per heavy atom. The Kier molecular flexibility index (Phi) is 6.97. The molecule has 4 nitrogen and oxygen atoms in total. The van der Waals surface area contributed by atoms with E-state index in [2.05, 4.69) is 10.6 Å². The topological polar surface area (TPSA) is 50.4 Å². The Bertz CT molecular complexity index is 393. The van der Waals surface area contributed by atoms with Crippen LogP contribution in [0.2, 0.25) is 0 Å². The van der Waals surface area contributed by atoms with Crippen molar-refractivity contribution in [1.82, 2.24) is 10.6 Å². The normalized spacial score (nSPS) is 11.9. The van der Waals surface area contributed by atoms with Crippen LogP contribution in [0.1, 0.15) is 19.4 Å². The van der Waals surface area contributed by atoms with Gasteiger partial charge in [0.25, 0.3) is 0 Å². The van der Waals surface area contributed by atoms with Crippen molar-refractivity contribution in [2.45, 2.75) is 20.8 Å². The van der Waals surface area contributed by atoms with Gasteiger partial charge in [-0.25, -0.2) is 0 Å². The number of carbonyl (C=O) groups excluding carboxylic acids is 1. The number of hydrogen-bond donors (Lipinski definition) is 2. The lowest BCUT2D eigenvalue weighted by molar-refractivity contribution is -0.124. The molecule has 0 aliphatic rings. The predicted octanol–water partition coefficient (Wildman–Crippen LogP) is 1.74. The molecule has 2 N–H and O–H groups in total. The second kappa shape index (κ2) is 8.53. The molecule has 1 unspecified atom stereocenters. The zero-order chi connectivity index (χ0) is 14.1. The van der Waals surface area contributed by atoms with Crippen molar-refractivity contribution in [3.63, 3.8) is 0 Å². The molecule has 0 fully saturated rings. The summed E-state index contributed by atoms with van der Waals surface area (Å²) < 4.78 is 5.57. The third-order valence-corrected chi connectivity index (χ3v) is 2.81. The van der Waals surface area contributed by atoms with Gasteiger partial charge in [-0.1, -0.05) is 26.0 Å². The van der Waals surface area contributed by atoms with Crippen molar-refractivity contribution in [3.8, 4) is 5.75 Å². The Morgan fingerprint density at radius 1 is 1.42 bits per heavy atom. The highest BCUT2D eigenvalue weighted by Gasteiger charge is 2.10. The van der Waals surface area contributed by atoms with Gasteiger partial charge in [0.05, 0.1) is 6.54 Å². The highest BCUT2D eigenvalue weighted by molar-refractivity contribution is 5.78. The quantitative estimate of drug-likeness (QED) is 0.703. The number of aryl methyl sites for hydroxylation is 1. The molecule has 1 rings (SSSR count). The fraction of sp³-hybridized carbons (Fsp3) is 0.533. The van der Waals surface area contributed by atoms with Crippen LogP contribution in [0.3, 0.4) is 0 Å². The molecule has 0 radical (unpaired) electrons. The van der Waals surface area contributed by atoms with Gasteiger partial charge in [-0.3, -0.25) is 4.79 Å². The summed E-state index contributed by atoms with van der Waals surface area (Å²) in [5.74, 6) is 0.891. The molecule has 0 aliphatic heterocycles. The van der Waals surface area contributed by atoms with E-state index in [4.69, 9.17) is 4.74 Å². The lowest BCUT2D eigenvalue weighted by Gasteiger charge is -2.13. The molecule has 0 spiro atoms. The molecule has 4 heteroatoms. The molecule has 1 aromatic carbocycles. The first-order valence-corrected chi connectivity index (χ1v) is 6.81. The van der Waals surface area contributed by atoms with E-state index in [1.807, 2.05) is 45.0 Å². The highest BCUT2D eigenvalue weighted by atomic mass is 16.5. The van der Waals surface area contributed by atoms with Crippen LogP contribution >= 0.6 is 0 Å². The number of amides is 1. The molecule has 0 saturated heterocycles. The minimum atomic E-state index is -0.0149. The molecule has 106 valence electrons. The maximum absolute atomic E-state index is 11.7. The van der Waals surface area contributed by atoms with Crippen LogP contribution in [0.4, 0.5) is 0 Å². The summed E-state index contributed by atoms with van der Waals surface area (Å²) in [6.45, 7) is 8.58. The number of rotatable bonds is 8. The van der Waals surface area contributed by atoms with Gasteiger partial charge in [0.15, 0.2) is 0 Å². The number of nitrogens with one attached hydrogen (secondary N) is 2. The molecule has 1 amide bonds. The van der Waals surface area contributed by atoms with E-state index in [1.54, 1.807) is 0 Å². The molecule has 1 atom stereocenters. The van der Waals surface area contributed by atoms with E-state index in [1.165, 1.54) is 5.56 Å². The molecular weight excluding hydrogens is 240 g/mol. The van der Waals surface area contributed by atoms with Crippen molar-refractivity contribution in [3.05, 3.63) is 29.8 Å². The summed E-state index contributed by atoms with van der Waals surface area (Å²) in [7, 11) is 0. The van der Waals surface area contributed by atoms with Gasteiger partial charge < -0.3 is 15.4 Å². The third-order valence-electron chi connectivity index (χ3n) is 2.81. The minimum absolute atomic E-state index is 0.0149. The predicted molar refractivity (Wildman–Crippen MR) is 77.4 cm³/mol. The molecule has 1 aromatic rings. The summed E-state index contributed by atoms with van der Waals surface area (Å²) in [6, 6.07) is 7.89. The lowest BCUT2D eigenvalue weighted by atomic mass is 10.1. The van der Waals surface area contributed by atoms with Gasteiger partial charge in [0, 0.05) is 12.5 Å². The minimum Gasteiger partial charge on any atom is -0.492 e. The second-order valence-corrected chi connectivity index (χ2v) is 4.66. The van der Waals surface area contributed by atoms with Gasteiger partial charge in [-0.2, -0.15) is 0 Å². The maximum Gasteiger partial charge on any atom is 0.224 e. The average Bonchev–Trinajstić information content (AvgIpc) is 2.40. The fourth-order valence-corrected chi connectivity index (χ4v) is 1.68. The van der Waals surface area contributed by atoms with E-state index in [0.717, 1.165) is 12.3 Å². The largest absolute Gasteiger partial charge is 0.492 e. The fourth-order valence-electron chi connectivity index (χ4n) is 1.68. The van der Waals surface area contributed by atoms with Crippen molar-refractivity contribution in [2.24, 2.45) is 5.92 Å². The monoisotopic (exact) mass is 264 g/mol. The zero-order valence-electron chi connectivity index (χ0n) is 12.0. The summed E-state index contributed by atoms with van der Waals surface area (Å²) >= 11 is 0. The van der Waals surface area contributed by atoms with E-state index in [0.29, 0.717) is 19.7 Å². The molecule has 0 aromatic heterocycles. The number of ether oxygens (including phenoxy) is 1. The van der Waals surface area contributed by atoms with Crippen LogP contribution in [0.5, 0.6) is 5.75 Å². The van der Waals surface area contributed by atoms with Crippen LogP contribution in [-0.2, 0) is 4.79 Å². The van der Waals surface area contributed by atoms with Gasteiger partial charge in [0.2, 0.25) is 5.91 Å². The van der Waals surface area contributed by atoms with Crippen molar-refractivity contribution in [1.29, 1.82) is 0 Å². The van der Waals surface area contributed by atoms with Crippen LogP contribution in [0.15, 0.2) is 24.3 Å². The molecular formula is C15H24N2O2. The van der Waals surface area contributed by atoms with Gasteiger partial charge in [0.1, 0.15) is 12.4 Å². The Morgan fingerprint density at radius 2 is 2.21 bits per heavy atom. The first-order valence-electron chi connectivity index (χ1n) is 6.81. The second-order valence-electron chi connectivity index (χ2n) is 4.66. The number of carbonyl (C=O) groups is 1. The van der Waals surface area contributed by atoms with E-state index in [-0.39, 0.29) is 11.8 Å². The van der Waals surface area contributed by atoms with Crippen LogP contribution in [0, 0.1) is 12.8 Å². The van der Waals surface area contributed by atoms with Gasteiger partial charge in [-0.15, -0.1) is 0 Å². The van der Waals surface area contributed by atoms with Crippen LogP contribution in [0.25, 0.3) is 0 Å². The van der Waals surface area contributed by atoms with E-state index >= 15 is 0 Å². The molecule has 0 bridgehead atoms. The summed E-state index contributed by atoms with van der Waals surface area (Å²) in [5, 5.41) is 6.03. The Hall–Kier alpha value is -1.55.